The second-order valence-electron chi connectivity index (χ2n) is 8.03. The zero-order chi connectivity index (χ0) is 21.0. The predicted molar refractivity (Wildman–Crippen MR) is 101 cm³/mol. The molecule has 152 valence electrons. The first-order valence-electron chi connectivity index (χ1n) is 9.79. The highest BCUT2D eigenvalue weighted by Crippen LogP contribution is 2.49. The maximum atomic E-state index is 13.5. The van der Waals surface area contributed by atoms with Crippen molar-refractivity contribution >= 4 is 29.4 Å². The number of likely N-dealkylation sites (tertiary alicyclic amines) is 1. The molecule has 5 rings (SSSR count). The number of para-hydroxylation sites is 1. The fraction of sp³-hybridized carbons (Fsp3) is 0.273. The molecule has 0 radical (unpaired) electrons. The van der Waals surface area contributed by atoms with Crippen LogP contribution in [0, 0.1) is 11.8 Å². The maximum absolute atomic E-state index is 13.5. The standard InChI is InChI=1S/C22H19N3O5/c26-16(27)10-15-17-18(20(29)25(19(17)28)11-12-6-2-1-3-7-12)22(24-15)13-8-4-5-9-14(13)23-21(22)30/h1-9,15,17-18,24H,10-11H2,(H,23,30)(H,26,27)/t15-,17-,18-,22+/m0/s1. The van der Waals surface area contributed by atoms with Gasteiger partial charge in [-0.05, 0) is 11.6 Å². The number of amides is 3. The van der Waals surface area contributed by atoms with Gasteiger partial charge in [0, 0.05) is 18.0 Å². The van der Waals surface area contributed by atoms with Crippen LogP contribution in [-0.2, 0) is 31.3 Å². The number of hydrogen-bond donors (Lipinski definition) is 2. The molecule has 2 aromatic carbocycles. The Hall–Kier alpha value is -3.52. The van der Waals surface area contributed by atoms with Crippen molar-refractivity contribution in [1.82, 2.24) is 4.90 Å². The van der Waals surface area contributed by atoms with Crippen LogP contribution in [0.4, 0.5) is 5.69 Å². The molecule has 0 saturated carbocycles. The molecule has 0 bridgehead atoms. The Balaban J connectivity index is 1.61. The lowest BCUT2D eigenvalue weighted by molar-refractivity contribution is -0.733. The Kier molecular flexibility index (Phi) is 4.01. The quantitative estimate of drug-likeness (QED) is 0.614. The van der Waals surface area contributed by atoms with Crippen LogP contribution in [0.25, 0.3) is 0 Å². The molecule has 4 atom stereocenters. The summed E-state index contributed by atoms with van der Waals surface area (Å²) in [6, 6.07) is 15.3. The lowest BCUT2D eigenvalue weighted by Crippen LogP contribution is -2.99. The van der Waals surface area contributed by atoms with E-state index in [0.29, 0.717) is 11.3 Å². The van der Waals surface area contributed by atoms with Gasteiger partial charge in [-0.25, -0.2) is 0 Å². The number of carboxylic acids is 1. The number of quaternary nitrogens is 1. The van der Waals surface area contributed by atoms with E-state index in [4.69, 9.17) is 0 Å². The molecular weight excluding hydrogens is 386 g/mol. The van der Waals surface area contributed by atoms with Crippen LogP contribution in [0.1, 0.15) is 17.5 Å². The average Bonchev–Trinajstić information content (AvgIpc) is 3.29. The summed E-state index contributed by atoms with van der Waals surface area (Å²) in [6.45, 7) is 0.0862. The van der Waals surface area contributed by atoms with Gasteiger partial charge < -0.3 is 20.5 Å². The summed E-state index contributed by atoms with van der Waals surface area (Å²) in [4.78, 5) is 52.5. The van der Waals surface area contributed by atoms with Crippen LogP contribution in [0.5, 0.6) is 0 Å². The van der Waals surface area contributed by atoms with Crippen molar-refractivity contribution in [1.29, 1.82) is 0 Å². The number of aliphatic carboxylic acids is 1. The number of anilines is 1. The number of carbonyl (C=O) groups is 4. The van der Waals surface area contributed by atoms with Gasteiger partial charge in [-0.2, -0.15) is 0 Å². The number of benzene rings is 2. The third kappa shape index (κ3) is 2.43. The largest absolute Gasteiger partial charge is 0.550 e. The molecule has 1 spiro atoms. The number of nitrogens with zero attached hydrogens (tertiary/aromatic N) is 1. The van der Waals surface area contributed by atoms with Gasteiger partial charge in [0.05, 0.1) is 12.2 Å². The third-order valence-corrected chi connectivity index (χ3v) is 6.45. The van der Waals surface area contributed by atoms with Gasteiger partial charge in [0.2, 0.25) is 17.4 Å². The van der Waals surface area contributed by atoms with E-state index in [-0.39, 0.29) is 6.54 Å². The number of carboxylic acid groups (broad SMARTS) is 1. The summed E-state index contributed by atoms with van der Waals surface area (Å²) >= 11 is 0. The van der Waals surface area contributed by atoms with Gasteiger partial charge in [0.15, 0.2) is 0 Å². The lowest BCUT2D eigenvalue weighted by Gasteiger charge is -2.26. The fourth-order valence-corrected chi connectivity index (χ4v) is 5.28. The minimum absolute atomic E-state index is 0.0862. The first-order chi connectivity index (χ1) is 14.4. The number of imide groups is 1. The summed E-state index contributed by atoms with van der Waals surface area (Å²) < 4.78 is 0. The Morgan fingerprint density at radius 3 is 2.47 bits per heavy atom. The van der Waals surface area contributed by atoms with E-state index in [9.17, 15) is 24.3 Å². The summed E-state index contributed by atoms with van der Waals surface area (Å²) in [5, 5.41) is 15.8. The summed E-state index contributed by atoms with van der Waals surface area (Å²) in [5.41, 5.74) is 0.603. The molecule has 3 aliphatic heterocycles. The zero-order valence-electron chi connectivity index (χ0n) is 15.9. The van der Waals surface area contributed by atoms with E-state index >= 15 is 0 Å². The van der Waals surface area contributed by atoms with Crippen molar-refractivity contribution in [3.8, 4) is 0 Å². The highest BCUT2D eigenvalue weighted by atomic mass is 16.4. The Morgan fingerprint density at radius 1 is 1.03 bits per heavy atom. The molecule has 0 aromatic heterocycles. The van der Waals surface area contributed by atoms with E-state index in [0.717, 1.165) is 10.5 Å². The molecule has 2 fully saturated rings. The highest BCUT2D eigenvalue weighted by Gasteiger charge is 2.74. The smallest absolute Gasteiger partial charge is 0.291 e. The van der Waals surface area contributed by atoms with Crippen molar-refractivity contribution < 1.29 is 29.6 Å². The van der Waals surface area contributed by atoms with Gasteiger partial charge in [-0.3, -0.25) is 19.3 Å². The molecule has 0 aliphatic carbocycles. The van der Waals surface area contributed by atoms with Crippen LogP contribution in [0.3, 0.4) is 0 Å². The van der Waals surface area contributed by atoms with Gasteiger partial charge in [0.25, 0.3) is 5.91 Å². The second kappa shape index (κ2) is 6.50. The van der Waals surface area contributed by atoms with Crippen LogP contribution in [0.2, 0.25) is 0 Å². The van der Waals surface area contributed by atoms with Crippen LogP contribution >= 0.6 is 0 Å². The SMILES string of the molecule is O=C([O-])C[C@@H]1[NH2+][C@@]2(C(=O)Nc3ccccc32)[C@@H]2C(=O)N(Cc3ccccc3)C(=O)[C@@H]12. The summed E-state index contributed by atoms with van der Waals surface area (Å²) in [5.74, 6) is -4.48. The first-order valence-corrected chi connectivity index (χ1v) is 9.79. The van der Waals surface area contributed by atoms with E-state index in [2.05, 4.69) is 5.32 Å². The number of nitrogens with two attached hydrogens (primary N) is 1. The van der Waals surface area contributed by atoms with Crippen molar-refractivity contribution in [2.24, 2.45) is 11.8 Å². The number of fused-ring (bicyclic) bond motifs is 4. The monoisotopic (exact) mass is 405 g/mol. The zero-order valence-corrected chi connectivity index (χ0v) is 15.9. The molecule has 8 nitrogen and oxygen atoms in total. The van der Waals surface area contributed by atoms with E-state index in [1.54, 1.807) is 29.6 Å². The summed E-state index contributed by atoms with van der Waals surface area (Å²) in [7, 11) is 0. The lowest BCUT2D eigenvalue weighted by atomic mass is 9.76. The third-order valence-electron chi connectivity index (χ3n) is 6.45. The van der Waals surface area contributed by atoms with Gasteiger partial charge in [-0.15, -0.1) is 0 Å². The number of rotatable bonds is 4. The highest BCUT2D eigenvalue weighted by molar-refractivity contribution is 6.13. The molecule has 3 heterocycles. The van der Waals surface area contributed by atoms with E-state index < -0.39 is 53.5 Å². The normalized spacial score (nSPS) is 29.3. The van der Waals surface area contributed by atoms with Gasteiger partial charge in [0.1, 0.15) is 17.9 Å². The molecule has 3 amide bonds. The molecule has 30 heavy (non-hydrogen) atoms. The minimum Gasteiger partial charge on any atom is -0.550 e. The topological polar surface area (TPSA) is 123 Å². The number of carbonyl (C=O) groups excluding carboxylic acids is 4. The van der Waals surface area contributed by atoms with Crippen molar-refractivity contribution in [2.75, 3.05) is 5.32 Å². The predicted octanol–water partition coefficient (Wildman–Crippen LogP) is -1.28. The Labute approximate surface area is 171 Å². The minimum atomic E-state index is -1.36. The molecule has 3 aliphatic rings. The van der Waals surface area contributed by atoms with Crippen molar-refractivity contribution in [3.05, 3.63) is 65.7 Å². The van der Waals surface area contributed by atoms with Crippen LogP contribution < -0.4 is 15.7 Å². The first kappa shape index (κ1) is 18.5. The number of nitrogens with one attached hydrogen (secondary N) is 1. The average molecular weight is 405 g/mol. The summed E-state index contributed by atoms with van der Waals surface area (Å²) in [6.07, 6.45) is -0.420. The van der Waals surface area contributed by atoms with Crippen molar-refractivity contribution in [3.63, 3.8) is 0 Å². The molecule has 8 heteroatoms. The van der Waals surface area contributed by atoms with Gasteiger partial charge >= 0.3 is 0 Å². The molecule has 2 saturated heterocycles. The fourth-order valence-electron chi connectivity index (χ4n) is 5.28. The Bertz CT molecular complexity index is 1090. The molecule has 2 aromatic rings. The molecule has 3 N–H and O–H groups in total. The Morgan fingerprint density at radius 2 is 1.73 bits per heavy atom. The number of hydrogen-bond acceptors (Lipinski definition) is 5. The van der Waals surface area contributed by atoms with E-state index in [1.807, 2.05) is 30.3 Å². The molecular formula is C22H19N3O5. The molecule has 0 unspecified atom stereocenters. The van der Waals surface area contributed by atoms with Crippen molar-refractivity contribution in [2.45, 2.75) is 24.5 Å². The van der Waals surface area contributed by atoms with Gasteiger partial charge in [-0.1, -0.05) is 48.5 Å². The van der Waals surface area contributed by atoms with Crippen LogP contribution in [0.15, 0.2) is 54.6 Å². The van der Waals surface area contributed by atoms with Crippen LogP contribution in [-0.4, -0.2) is 34.6 Å². The maximum Gasteiger partial charge on any atom is 0.291 e. The second-order valence-corrected chi connectivity index (χ2v) is 8.03. The van der Waals surface area contributed by atoms with E-state index in [1.165, 1.54) is 0 Å².